The molecule has 0 amide bonds. The molecule has 17 heavy (non-hydrogen) atoms. The van der Waals surface area contributed by atoms with Crippen molar-refractivity contribution in [1.82, 2.24) is 15.1 Å². The summed E-state index contributed by atoms with van der Waals surface area (Å²) < 4.78 is 2.03. The molecule has 0 spiro atoms. The summed E-state index contributed by atoms with van der Waals surface area (Å²) >= 11 is 0. The molecule has 0 radical (unpaired) electrons. The van der Waals surface area contributed by atoms with Gasteiger partial charge in [-0.15, -0.1) is 0 Å². The van der Waals surface area contributed by atoms with E-state index in [4.69, 9.17) is 0 Å². The van der Waals surface area contributed by atoms with Gasteiger partial charge in [0, 0.05) is 24.3 Å². The molecule has 1 aromatic heterocycles. The molecular formula is C14H27N3. The molecule has 0 bridgehead atoms. The van der Waals surface area contributed by atoms with Crippen LogP contribution in [0.2, 0.25) is 0 Å². The van der Waals surface area contributed by atoms with E-state index in [-0.39, 0.29) is 5.54 Å². The van der Waals surface area contributed by atoms with Crippen LogP contribution in [-0.2, 0) is 12.1 Å². The highest BCUT2D eigenvalue weighted by atomic mass is 15.3. The number of nitrogens with zero attached hydrogens (tertiary/aromatic N) is 2. The van der Waals surface area contributed by atoms with Crippen molar-refractivity contribution < 1.29 is 0 Å². The lowest BCUT2D eigenvalue weighted by atomic mass is 10.0. The summed E-state index contributed by atoms with van der Waals surface area (Å²) in [4.78, 5) is 0. The van der Waals surface area contributed by atoms with Crippen molar-refractivity contribution in [1.29, 1.82) is 0 Å². The summed E-state index contributed by atoms with van der Waals surface area (Å²) in [5, 5.41) is 7.97. The van der Waals surface area contributed by atoms with E-state index >= 15 is 0 Å². The monoisotopic (exact) mass is 237 g/mol. The highest BCUT2D eigenvalue weighted by molar-refractivity contribution is 5.05. The molecule has 3 heteroatoms. The number of nitrogens with one attached hydrogen (secondary N) is 1. The van der Waals surface area contributed by atoms with E-state index in [0.717, 1.165) is 6.54 Å². The van der Waals surface area contributed by atoms with Crippen LogP contribution in [0.3, 0.4) is 0 Å². The van der Waals surface area contributed by atoms with Crippen LogP contribution in [0.4, 0.5) is 0 Å². The van der Waals surface area contributed by atoms with Crippen molar-refractivity contribution in [3.05, 3.63) is 18.0 Å². The largest absolute Gasteiger partial charge is 0.310 e. The summed E-state index contributed by atoms with van der Waals surface area (Å²) in [6, 6.07) is 0.554. The Hall–Kier alpha value is -0.830. The maximum atomic E-state index is 4.41. The highest BCUT2D eigenvalue weighted by Crippen LogP contribution is 2.13. The zero-order valence-electron chi connectivity index (χ0n) is 12.1. The minimum Gasteiger partial charge on any atom is -0.310 e. The van der Waals surface area contributed by atoms with E-state index in [0.29, 0.717) is 12.0 Å². The molecule has 0 aromatic carbocycles. The van der Waals surface area contributed by atoms with E-state index in [1.54, 1.807) is 0 Å². The molecule has 0 aliphatic rings. The second-order valence-electron chi connectivity index (χ2n) is 6.02. The first-order valence-corrected chi connectivity index (χ1v) is 6.62. The molecule has 0 saturated heterocycles. The molecular weight excluding hydrogens is 210 g/mol. The van der Waals surface area contributed by atoms with Gasteiger partial charge in [-0.05, 0) is 33.6 Å². The van der Waals surface area contributed by atoms with Crippen LogP contribution in [0.15, 0.2) is 12.4 Å². The van der Waals surface area contributed by atoms with E-state index < -0.39 is 0 Å². The number of rotatable bonds is 5. The lowest BCUT2D eigenvalue weighted by molar-refractivity contribution is 0.354. The SMILES string of the molecule is CCC(C)C(C)NCc1cnn(C(C)(C)C)c1. The van der Waals surface area contributed by atoms with Gasteiger partial charge in [0.05, 0.1) is 11.7 Å². The Kier molecular flexibility index (Phi) is 4.75. The van der Waals surface area contributed by atoms with Crippen molar-refractivity contribution in [2.75, 3.05) is 0 Å². The van der Waals surface area contributed by atoms with Crippen LogP contribution < -0.4 is 5.32 Å². The fourth-order valence-corrected chi connectivity index (χ4v) is 1.65. The van der Waals surface area contributed by atoms with Crippen molar-refractivity contribution in [3.8, 4) is 0 Å². The van der Waals surface area contributed by atoms with Crippen molar-refractivity contribution >= 4 is 0 Å². The number of hydrogen-bond acceptors (Lipinski definition) is 2. The molecule has 0 aliphatic carbocycles. The Morgan fingerprint density at radius 1 is 1.35 bits per heavy atom. The summed E-state index contributed by atoms with van der Waals surface area (Å²) in [5.74, 6) is 0.715. The fourth-order valence-electron chi connectivity index (χ4n) is 1.65. The Bertz CT molecular complexity index is 335. The first kappa shape index (κ1) is 14.2. The summed E-state index contributed by atoms with van der Waals surface area (Å²) in [5.41, 5.74) is 1.33. The van der Waals surface area contributed by atoms with Gasteiger partial charge >= 0.3 is 0 Å². The zero-order valence-corrected chi connectivity index (χ0v) is 12.1. The van der Waals surface area contributed by atoms with E-state index in [1.165, 1.54) is 12.0 Å². The molecule has 0 saturated carbocycles. The molecule has 98 valence electrons. The van der Waals surface area contributed by atoms with Gasteiger partial charge in [0.2, 0.25) is 0 Å². The standard InChI is InChI=1S/C14H27N3/c1-7-11(2)12(3)15-8-13-9-16-17(10-13)14(4,5)6/h9-12,15H,7-8H2,1-6H3. The zero-order chi connectivity index (χ0) is 13.1. The first-order valence-electron chi connectivity index (χ1n) is 6.62. The molecule has 1 rings (SSSR count). The molecule has 1 heterocycles. The van der Waals surface area contributed by atoms with Crippen molar-refractivity contribution in [2.24, 2.45) is 5.92 Å². The molecule has 0 aliphatic heterocycles. The lowest BCUT2D eigenvalue weighted by Crippen LogP contribution is -2.31. The minimum atomic E-state index is 0.0700. The van der Waals surface area contributed by atoms with E-state index in [2.05, 4.69) is 58.2 Å². The summed E-state index contributed by atoms with van der Waals surface area (Å²) in [6.07, 6.45) is 5.31. The van der Waals surface area contributed by atoms with Crippen LogP contribution in [0.1, 0.15) is 53.5 Å². The highest BCUT2D eigenvalue weighted by Gasteiger charge is 2.14. The smallest absolute Gasteiger partial charge is 0.0543 e. The second-order valence-corrected chi connectivity index (χ2v) is 6.02. The van der Waals surface area contributed by atoms with Crippen LogP contribution in [0.25, 0.3) is 0 Å². The average Bonchev–Trinajstić information content (AvgIpc) is 2.72. The predicted molar refractivity (Wildman–Crippen MR) is 73.0 cm³/mol. The fraction of sp³-hybridized carbons (Fsp3) is 0.786. The minimum absolute atomic E-state index is 0.0700. The van der Waals surface area contributed by atoms with Gasteiger partial charge in [-0.25, -0.2) is 0 Å². The topological polar surface area (TPSA) is 29.9 Å². The van der Waals surface area contributed by atoms with Gasteiger partial charge < -0.3 is 5.32 Å². The third kappa shape index (κ3) is 4.15. The predicted octanol–water partition coefficient (Wildman–Crippen LogP) is 3.16. The van der Waals surface area contributed by atoms with Gasteiger partial charge in [0.25, 0.3) is 0 Å². The number of aromatic nitrogens is 2. The average molecular weight is 237 g/mol. The molecule has 1 aromatic rings. The Morgan fingerprint density at radius 3 is 2.47 bits per heavy atom. The van der Waals surface area contributed by atoms with Crippen molar-refractivity contribution in [2.45, 2.75) is 66.1 Å². The van der Waals surface area contributed by atoms with Crippen LogP contribution in [0, 0.1) is 5.92 Å². The maximum Gasteiger partial charge on any atom is 0.0543 e. The first-order chi connectivity index (χ1) is 7.84. The Morgan fingerprint density at radius 2 is 2.00 bits per heavy atom. The van der Waals surface area contributed by atoms with Crippen LogP contribution >= 0.6 is 0 Å². The molecule has 3 nitrogen and oxygen atoms in total. The van der Waals surface area contributed by atoms with Crippen LogP contribution in [-0.4, -0.2) is 15.8 Å². The lowest BCUT2D eigenvalue weighted by Gasteiger charge is -2.20. The van der Waals surface area contributed by atoms with Gasteiger partial charge in [-0.3, -0.25) is 4.68 Å². The van der Waals surface area contributed by atoms with E-state index in [9.17, 15) is 0 Å². The van der Waals surface area contributed by atoms with E-state index in [1.807, 2.05) is 10.9 Å². The Balaban J connectivity index is 2.51. The molecule has 2 atom stereocenters. The molecule has 2 unspecified atom stereocenters. The second kappa shape index (κ2) is 5.67. The van der Waals surface area contributed by atoms with Gasteiger partial charge in [0.15, 0.2) is 0 Å². The van der Waals surface area contributed by atoms with Gasteiger partial charge in [-0.2, -0.15) is 5.10 Å². The molecule has 0 fully saturated rings. The quantitative estimate of drug-likeness (QED) is 0.852. The normalized spacial score (nSPS) is 15.9. The van der Waals surface area contributed by atoms with Gasteiger partial charge in [-0.1, -0.05) is 20.3 Å². The van der Waals surface area contributed by atoms with Crippen molar-refractivity contribution in [3.63, 3.8) is 0 Å². The third-order valence-electron chi connectivity index (χ3n) is 3.45. The number of hydrogen-bond donors (Lipinski definition) is 1. The Labute approximate surface area is 106 Å². The maximum absolute atomic E-state index is 4.41. The summed E-state index contributed by atoms with van der Waals surface area (Å²) in [7, 11) is 0. The van der Waals surface area contributed by atoms with Gasteiger partial charge in [0.1, 0.15) is 0 Å². The summed E-state index contributed by atoms with van der Waals surface area (Å²) in [6.45, 7) is 14.2. The molecule has 1 N–H and O–H groups in total. The third-order valence-corrected chi connectivity index (χ3v) is 3.45. The van der Waals surface area contributed by atoms with Crippen LogP contribution in [0.5, 0.6) is 0 Å².